The highest BCUT2D eigenvalue weighted by Gasteiger charge is 2.15. The van der Waals surface area contributed by atoms with Gasteiger partial charge >= 0.3 is 0 Å². The summed E-state index contributed by atoms with van der Waals surface area (Å²) in [6.07, 6.45) is 1.79. The molecule has 0 radical (unpaired) electrons. The Bertz CT molecular complexity index is 738. The van der Waals surface area contributed by atoms with Crippen molar-refractivity contribution in [1.82, 2.24) is 4.57 Å². The van der Waals surface area contributed by atoms with Crippen LogP contribution in [-0.4, -0.2) is 21.0 Å². The number of hydrogen-bond acceptors (Lipinski definition) is 4. The normalized spacial score (nSPS) is 12.1. The molecule has 2 aromatic rings. The Hall–Kier alpha value is -2.69. The van der Waals surface area contributed by atoms with Crippen molar-refractivity contribution in [1.29, 1.82) is 5.41 Å². The summed E-state index contributed by atoms with van der Waals surface area (Å²) in [6.45, 7) is 5.77. The van der Waals surface area contributed by atoms with E-state index in [0.29, 0.717) is 28.9 Å². The van der Waals surface area contributed by atoms with Crippen LogP contribution in [0.2, 0.25) is 0 Å². The summed E-state index contributed by atoms with van der Waals surface area (Å²) >= 11 is 0. The molecule has 0 fully saturated rings. The molecule has 1 aromatic heterocycles. The van der Waals surface area contributed by atoms with Gasteiger partial charge in [-0.2, -0.15) is 0 Å². The largest absolute Gasteiger partial charge is 0.508 e. The van der Waals surface area contributed by atoms with Gasteiger partial charge in [0.2, 0.25) is 0 Å². The van der Waals surface area contributed by atoms with Gasteiger partial charge in [-0.15, -0.1) is 0 Å². The fourth-order valence-electron chi connectivity index (χ4n) is 2.57. The average Bonchev–Trinajstić information content (AvgIpc) is 2.80. The molecule has 0 saturated carbocycles. The second-order valence-electron chi connectivity index (χ2n) is 5.25. The SMILES string of the molecule is CCc1cc(C(N)=C(C=N)n2c(C)ccc2C)c(O)cc1O. The van der Waals surface area contributed by atoms with Gasteiger partial charge < -0.3 is 25.9 Å². The van der Waals surface area contributed by atoms with Crippen LogP contribution in [0.15, 0.2) is 24.3 Å². The molecule has 5 nitrogen and oxygen atoms in total. The lowest BCUT2D eigenvalue weighted by atomic mass is 10.0. The van der Waals surface area contributed by atoms with Crippen LogP contribution >= 0.6 is 0 Å². The summed E-state index contributed by atoms with van der Waals surface area (Å²) in [6, 6.07) is 6.84. The van der Waals surface area contributed by atoms with Crippen molar-refractivity contribution in [2.75, 3.05) is 0 Å². The molecule has 0 aliphatic carbocycles. The molecule has 1 aromatic carbocycles. The monoisotopic (exact) mass is 299 g/mol. The molecular formula is C17H21N3O2. The molecule has 22 heavy (non-hydrogen) atoms. The molecule has 5 heteroatoms. The first-order valence-electron chi connectivity index (χ1n) is 7.11. The zero-order valence-electron chi connectivity index (χ0n) is 13.0. The number of nitrogens with zero attached hydrogens (tertiary/aromatic N) is 1. The van der Waals surface area contributed by atoms with Gasteiger partial charge in [0.25, 0.3) is 0 Å². The molecule has 0 spiro atoms. The molecule has 2 rings (SSSR count). The first-order valence-corrected chi connectivity index (χ1v) is 7.11. The summed E-state index contributed by atoms with van der Waals surface area (Å²) in [4.78, 5) is 0. The predicted octanol–water partition coefficient (Wildman–Crippen LogP) is 3.01. The average molecular weight is 299 g/mol. The lowest BCUT2D eigenvalue weighted by Gasteiger charge is -2.15. The van der Waals surface area contributed by atoms with Crippen molar-refractivity contribution in [2.24, 2.45) is 5.73 Å². The van der Waals surface area contributed by atoms with E-state index >= 15 is 0 Å². The van der Waals surface area contributed by atoms with Gasteiger partial charge in [0, 0.05) is 29.2 Å². The lowest BCUT2D eigenvalue weighted by Crippen LogP contribution is -2.10. The number of nitrogens with two attached hydrogens (primary N) is 1. The van der Waals surface area contributed by atoms with Crippen LogP contribution in [0.5, 0.6) is 11.5 Å². The number of benzene rings is 1. The molecule has 0 amide bonds. The molecule has 0 unspecified atom stereocenters. The second-order valence-corrected chi connectivity index (χ2v) is 5.25. The number of allylic oxidation sites excluding steroid dienone is 1. The van der Waals surface area contributed by atoms with Gasteiger partial charge in [-0.05, 0) is 44.0 Å². The van der Waals surface area contributed by atoms with Gasteiger partial charge in [-0.3, -0.25) is 0 Å². The smallest absolute Gasteiger partial charge is 0.128 e. The van der Waals surface area contributed by atoms with Crippen molar-refractivity contribution in [2.45, 2.75) is 27.2 Å². The molecule has 0 bridgehead atoms. The summed E-state index contributed by atoms with van der Waals surface area (Å²) in [7, 11) is 0. The van der Waals surface area contributed by atoms with E-state index in [2.05, 4.69) is 0 Å². The van der Waals surface area contributed by atoms with Gasteiger partial charge in [-0.1, -0.05) is 6.92 Å². The van der Waals surface area contributed by atoms with E-state index in [-0.39, 0.29) is 11.5 Å². The van der Waals surface area contributed by atoms with E-state index in [1.165, 1.54) is 12.3 Å². The van der Waals surface area contributed by atoms with E-state index < -0.39 is 0 Å². The maximum atomic E-state index is 10.1. The quantitative estimate of drug-likeness (QED) is 0.653. The van der Waals surface area contributed by atoms with Crippen LogP contribution in [0.4, 0.5) is 0 Å². The Morgan fingerprint density at radius 2 is 1.77 bits per heavy atom. The number of phenolic OH excluding ortho intramolecular Hbond substituents is 2. The van der Waals surface area contributed by atoms with E-state index in [0.717, 1.165) is 11.4 Å². The second kappa shape index (κ2) is 5.97. The van der Waals surface area contributed by atoms with Gasteiger partial charge in [0.05, 0.1) is 11.4 Å². The minimum Gasteiger partial charge on any atom is -0.508 e. The van der Waals surface area contributed by atoms with Crippen molar-refractivity contribution in [3.05, 3.63) is 46.8 Å². The minimum atomic E-state index is -0.103. The number of aromatic nitrogens is 1. The molecule has 116 valence electrons. The molecule has 0 aliphatic rings. The Kier molecular flexibility index (Phi) is 4.26. The third-order valence-corrected chi connectivity index (χ3v) is 3.79. The molecule has 5 N–H and O–H groups in total. The molecule has 0 atom stereocenters. The number of aryl methyl sites for hydroxylation is 3. The minimum absolute atomic E-state index is 0.0429. The molecule has 1 heterocycles. The molecule has 0 saturated heterocycles. The summed E-state index contributed by atoms with van der Waals surface area (Å²) in [5.41, 5.74) is 10.0. The lowest BCUT2D eigenvalue weighted by molar-refractivity contribution is 0.445. The van der Waals surface area contributed by atoms with Gasteiger partial charge in [0.15, 0.2) is 0 Å². The Morgan fingerprint density at radius 1 is 1.18 bits per heavy atom. The highest BCUT2D eigenvalue weighted by Crippen LogP contribution is 2.32. The van der Waals surface area contributed by atoms with Crippen LogP contribution in [0.25, 0.3) is 11.4 Å². The van der Waals surface area contributed by atoms with Crippen LogP contribution in [-0.2, 0) is 6.42 Å². The van der Waals surface area contributed by atoms with Crippen molar-refractivity contribution in [3.63, 3.8) is 0 Å². The van der Waals surface area contributed by atoms with Crippen LogP contribution in [0.3, 0.4) is 0 Å². The topological polar surface area (TPSA) is 95.3 Å². The fraction of sp³-hybridized carbons (Fsp3) is 0.235. The maximum Gasteiger partial charge on any atom is 0.128 e. The van der Waals surface area contributed by atoms with Crippen LogP contribution < -0.4 is 5.73 Å². The summed E-state index contributed by atoms with van der Waals surface area (Å²) in [5, 5.41) is 27.6. The highest BCUT2D eigenvalue weighted by atomic mass is 16.3. The summed E-state index contributed by atoms with van der Waals surface area (Å²) in [5.74, 6) is -0.0599. The van der Waals surface area contributed by atoms with Crippen molar-refractivity contribution in [3.8, 4) is 11.5 Å². The van der Waals surface area contributed by atoms with Crippen molar-refractivity contribution < 1.29 is 10.2 Å². The first kappa shape index (κ1) is 15.7. The van der Waals surface area contributed by atoms with E-state index in [1.807, 2.05) is 37.5 Å². The Morgan fingerprint density at radius 3 is 2.27 bits per heavy atom. The highest BCUT2D eigenvalue weighted by molar-refractivity contribution is 6.12. The zero-order chi connectivity index (χ0) is 16.4. The van der Waals surface area contributed by atoms with Crippen LogP contribution in [0.1, 0.15) is 29.4 Å². The zero-order valence-corrected chi connectivity index (χ0v) is 13.0. The standard InChI is InChI=1S/C17H21N3O2/c1-4-12-7-13(16(22)8-15(12)21)17(19)14(9-18)20-10(2)5-6-11(20)3/h5-9,18,21-22H,4,19H2,1-3H3. The van der Waals surface area contributed by atoms with E-state index in [4.69, 9.17) is 11.1 Å². The third-order valence-electron chi connectivity index (χ3n) is 3.79. The Labute approximate surface area is 129 Å². The Balaban J connectivity index is 2.71. The maximum absolute atomic E-state index is 10.1. The van der Waals surface area contributed by atoms with E-state index in [1.54, 1.807) is 6.07 Å². The van der Waals surface area contributed by atoms with Gasteiger partial charge in [0.1, 0.15) is 11.5 Å². The number of aromatic hydroxyl groups is 2. The number of nitrogens with one attached hydrogen (secondary N) is 1. The summed E-state index contributed by atoms with van der Waals surface area (Å²) < 4.78 is 1.86. The fourth-order valence-corrected chi connectivity index (χ4v) is 2.57. The molecular weight excluding hydrogens is 278 g/mol. The number of rotatable bonds is 4. The first-order chi connectivity index (χ1) is 10.4. The third kappa shape index (κ3) is 2.57. The molecule has 0 aliphatic heterocycles. The number of phenols is 2. The van der Waals surface area contributed by atoms with E-state index in [9.17, 15) is 10.2 Å². The van der Waals surface area contributed by atoms with Crippen LogP contribution in [0, 0.1) is 19.3 Å². The number of hydrogen-bond donors (Lipinski definition) is 4. The van der Waals surface area contributed by atoms with Gasteiger partial charge in [-0.25, -0.2) is 0 Å². The predicted molar refractivity (Wildman–Crippen MR) is 89.1 cm³/mol. The van der Waals surface area contributed by atoms with Crippen molar-refractivity contribution >= 4 is 17.6 Å².